The number of hydrogen-bond acceptors (Lipinski definition) is 1. The molecule has 1 aliphatic carbocycles. The van der Waals surface area contributed by atoms with Crippen LogP contribution in [0.4, 0.5) is 0 Å². The summed E-state index contributed by atoms with van der Waals surface area (Å²) in [6, 6.07) is 0. The van der Waals surface area contributed by atoms with Crippen LogP contribution in [-0.4, -0.2) is 6.61 Å². The van der Waals surface area contributed by atoms with Crippen molar-refractivity contribution in [2.75, 3.05) is 6.61 Å². The summed E-state index contributed by atoms with van der Waals surface area (Å²) >= 11 is 0. The Kier molecular flexibility index (Phi) is 4.89. The zero-order valence-corrected chi connectivity index (χ0v) is 8.14. The fourth-order valence-electron chi connectivity index (χ4n) is 1.50. The average Bonchev–Trinajstić information content (AvgIpc) is 2.14. The Balaban J connectivity index is 2.01. The molecule has 0 heterocycles. The van der Waals surface area contributed by atoms with E-state index >= 15 is 0 Å². The van der Waals surface area contributed by atoms with Gasteiger partial charge in [0.05, 0.1) is 12.4 Å². The third-order valence-corrected chi connectivity index (χ3v) is 2.28. The highest BCUT2D eigenvalue weighted by molar-refractivity contribution is 4.96. The first-order valence-corrected chi connectivity index (χ1v) is 5.25. The highest BCUT2D eigenvalue weighted by Crippen LogP contribution is 2.18. The Morgan fingerprint density at radius 2 is 2.25 bits per heavy atom. The first-order chi connectivity index (χ1) is 5.93. The van der Waals surface area contributed by atoms with Crippen LogP contribution in [0.25, 0.3) is 0 Å². The Labute approximate surface area is 75.8 Å². The minimum absolute atomic E-state index is 0.930. The summed E-state index contributed by atoms with van der Waals surface area (Å²) in [5.41, 5.74) is 0. The lowest BCUT2D eigenvalue weighted by atomic mass is 10.1. The number of rotatable bonds is 5. The molecule has 0 aromatic rings. The van der Waals surface area contributed by atoms with E-state index in [0.29, 0.717) is 0 Å². The summed E-state index contributed by atoms with van der Waals surface area (Å²) in [5, 5.41) is 0. The fourth-order valence-corrected chi connectivity index (χ4v) is 1.50. The van der Waals surface area contributed by atoms with E-state index < -0.39 is 0 Å². The molecule has 0 spiro atoms. The summed E-state index contributed by atoms with van der Waals surface area (Å²) in [4.78, 5) is 0. The number of hydrogen-bond donors (Lipinski definition) is 0. The van der Waals surface area contributed by atoms with Gasteiger partial charge in [0.2, 0.25) is 0 Å². The molecule has 0 saturated heterocycles. The third-order valence-electron chi connectivity index (χ3n) is 2.28. The van der Waals surface area contributed by atoms with Crippen molar-refractivity contribution in [1.29, 1.82) is 0 Å². The Morgan fingerprint density at radius 1 is 1.33 bits per heavy atom. The van der Waals surface area contributed by atoms with Gasteiger partial charge in [-0.3, -0.25) is 0 Å². The third kappa shape index (κ3) is 3.80. The van der Waals surface area contributed by atoms with Crippen LogP contribution in [0.15, 0.2) is 11.8 Å². The first kappa shape index (κ1) is 9.63. The minimum Gasteiger partial charge on any atom is -0.498 e. The smallest absolute Gasteiger partial charge is 0.0919 e. The van der Waals surface area contributed by atoms with Gasteiger partial charge in [0.25, 0.3) is 0 Å². The van der Waals surface area contributed by atoms with Gasteiger partial charge in [-0.25, -0.2) is 0 Å². The molecule has 1 rings (SSSR count). The first-order valence-electron chi connectivity index (χ1n) is 5.25. The summed E-state index contributed by atoms with van der Waals surface area (Å²) in [7, 11) is 0. The highest BCUT2D eigenvalue weighted by atomic mass is 16.5. The summed E-state index contributed by atoms with van der Waals surface area (Å²) in [6.07, 6.45) is 11.1. The maximum absolute atomic E-state index is 5.65. The van der Waals surface area contributed by atoms with Gasteiger partial charge in [-0.1, -0.05) is 19.8 Å². The molecule has 0 bridgehead atoms. The zero-order chi connectivity index (χ0) is 8.65. The molecule has 70 valence electrons. The van der Waals surface area contributed by atoms with Crippen molar-refractivity contribution < 1.29 is 4.74 Å². The molecule has 0 N–H and O–H groups in total. The molecule has 0 saturated carbocycles. The molecular weight excluding hydrogens is 148 g/mol. The lowest BCUT2D eigenvalue weighted by Crippen LogP contribution is -1.98. The predicted molar refractivity (Wildman–Crippen MR) is 52.0 cm³/mol. The molecule has 12 heavy (non-hydrogen) atoms. The van der Waals surface area contributed by atoms with Gasteiger partial charge < -0.3 is 4.74 Å². The molecule has 0 atom stereocenters. The molecule has 0 aromatic heterocycles. The summed E-state index contributed by atoms with van der Waals surface area (Å²) in [6.45, 7) is 3.15. The normalized spacial score (nSPS) is 17.2. The molecule has 1 heteroatoms. The SMILES string of the molecule is CCCCCOC1=CCCCC1. The van der Waals surface area contributed by atoms with Crippen LogP contribution in [0, 0.1) is 0 Å². The van der Waals surface area contributed by atoms with Crippen molar-refractivity contribution >= 4 is 0 Å². The second-order valence-electron chi connectivity index (χ2n) is 3.47. The van der Waals surface area contributed by atoms with Crippen molar-refractivity contribution in [1.82, 2.24) is 0 Å². The van der Waals surface area contributed by atoms with Crippen LogP contribution in [-0.2, 0) is 4.74 Å². The van der Waals surface area contributed by atoms with Crippen LogP contribution in [0.5, 0.6) is 0 Å². The Bertz CT molecular complexity index is 138. The molecule has 1 aliphatic rings. The fraction of sp³-hybridized carbons (Fsp3) is 0.818. The van der Waals surface area contributed by atoms with Crippen LogP contribution in [0.1, 0.15) is 51.9 Å². The molecule has 1 nitrogen and oxygen atoms in total. The van der Waals surface area contributed by atoms with Crippen molar-refractivity contribution in [3.63, 3.8) is 0 Å². The van der Waals surface area contributed by atoms with E-state index in [1.165, 1.54) is 50.7 Å². The summed E-state index contributed by atoms with van der Waals surface area (Å²) in [5.74, 6) is 1.25. The topological polar surface area (TPSA) is 9.23 Å². The lowest BCUT2D eigenvalue weighted by Gasteiger charge is -2.13. The minimum atomic E-state index is 0.930. The predicted octanol–water partition coefficient (Wildman–Crippen LogP) is 3.65. The lowest BCUT2D eigenvalue weighted by molar-refractivity contribution is 0.189. The Morgan fingerprint density at radius 3 is 2.92 bits per heavy atom. The number of ether oxygens (including phenoxy) is 1. The van der Waals surface area contributed by atoms with E-state index in [-0.39, 0.29) is 0 Å². The highest BCUT2D eigenvalue weighted by Gasteiger charge is 2.03. The van der Waals surface area contributed by atoms with E-state index in [0.717, 1.165) is 6.61 Å². The van der Waals surface area contributed by atoms with Gasteiger partial charge in [0, 0.05) is 6.42 Å². The molecule has 0 fully saturated rings. The monoisotopic (exact) mass is 168 g/mol. The second-order valence-corrected chi connectivity index (χ2v) is 3.47. The summed E-state index contributed by atoms with van der Waals surface area (Å²) < 4.78 is 5.65. The van der Waals surface area contributed by atoms with Crippen molar-refractivity contribution in [3.8, 4) is 0 Å². The van der Waals surface area contributed by atoms with E-state index in [2.05, 4.69) is 13.0 Å². The molecule has 0 aromatic carbocycles. The van der Waals surface area contributed by atoms with Crippen LogP contribution < -0.4 is 0 Å². The zero-order valence-electron chi connectivity index (χ0n) is 8.14. The molecular formula is C11H20O. The maximum Gasteiger partial charge on any atom is 0.0919 e. The molecule has 0 radical (unpaired) electrons. The largest absolute Gasteiger partial charge is 0.498 e. The van der Waals surface area contributed by atoms with Gasteiger partial charge in [-0.05, 0) is 31.8 Å². The van der Waals surface area contributed by atoms with Gasteiger partial charge >= 0.3 is 0 Å². The second kappa shape index (κ2) is 6.10. The number of allylic oxidation sites excluding steroid dienone is 2. The molecule has 0 aliphatic heterocycles. The maximum atomic E-state index is 5.65. The van der Waals surface area contributed by atoms with Gasteiger partial charge in [-0.2, -0.15) is 0 Å². The van der Waals surface area contributed by atoms with Gasteiger partial charge in [0.1, 0.15) is 0 Å². The van der Waals surface area contributed by atoms with E-state index in [4.69, 9.17) is 4.74 Å². The van der Waals surface area contributed by atoms with Crippen molar-refractivity contribution in [3.05, 3.63) is 11.8 Å². The van der Waals surface area contributed by atoms with Crippen molar-refractivity contribution in [2.45, 2.75) is 51.9 Å². The van der Waals surface area contributed by atoms with Gasteiger partial charge in [-0.15, -0.1) is 0 Å². The van der Waals surface area contributed by atoms with Crippen LogP contribution in [0.3, 0.4) is 0 Å². The Hall–Kier alpha value is -0.460. The van der Waals surface area contributed by atoms with Crippen LogP contribution >= 0.6 is 0 Å². The van der Waals surface area contributed by atoms with Crippen LogP contribution in [0.2, 0.25) is 0 Å². The molecule has 0 unspecified atom stereocenters. The standard InChI is InChI=1S/C11H20O/c1-2-3-7-10-12-11-8-5-4-6-9-11/h8H,2-7,9-10H2,1H3. The van der Waals surface area contributed by atoms with Gasteiger partial charge in [0.15, 0.2) is 0 Å². The molecule has 0 amide bonds. The number of unbranched alkanes of at least 4 members (excludes halogenated alkanes) is 2. The van der Waals surface area contributed by atoms with E-state index in [9.17, 15) is 0 Å². The van der Waals surface area contributed by atoms with E-state index in [1.54, 1.807) is 0 Å². The van der Waals surface area contributed by atoms with E-state index in [1.807, 2.05) is 0 Å². The van der Waals surface area contributed by atoms with Crippen molar-refractivity contribution in [2.24, 2.45) is 0 Å². The quantitative estimate of drug-likeness (QED) is 0.569. The average molecular weight is 168 g/mol.